The van der Waals surface area contributed by atoms with E-state index in [1.54, 1.807) is 18.2 Å². The number of amides is 1. The summed E-state index contributed by atoms with van der Waals surface area (Å²) in [6, 6.07) is 13.0. The summed E-state index contributed by atoms with van der Waals surface area (Å²) in [5, 5.41) is 40.2. The van der Waals surface area contributed by atoms with E-state index in [0.29, 0.717) is 62.9 Å². The fourth-order valence-corrected chi connectivity index (χ4v) is 5.92. The SMILES string of the molecule is Cc1nc(C2(O)CCc3cc(-c4cc(Cl)ccc4-n4cnnn4)c[n+]([O-])c32)[nH]c1-c1ccc2c(c1)NC(=O)CC2. The van der Waals surface area contributed by atoms with Gasteiger partial charge in [0.2, 0.25) is 17.2 Å². The summed E-state index contributed by atoms with van der Waals surface area (Å²) in [7, 11) is 0. The Kier molecular flexibility index (Phi) is 5.48. The van der Waals surface area contributed by atoms with Gasteiger partial charge in [0, 0.05) is 39.4 Å². The molecule has 2 aliphatic rings. The number of H-pyrrole nitrogens is 1. The molecule has 1 aliphatic carbocycles. The zero-order valence-electron chi connectivity index (χ0n) is 21.3. The Balaban J connectivity index is 1.28. The topological polar surface area (TPSA) is 149 Å². The zero-order valence-corrected chi connectivity index (χ0v) is 22.1. The molecule has 3 aromatic heterocycles. The Morgan fingerprint density at radius 3 is 2.80 bits per heavy atom. The molecule has 0 radical (unpaired) electrons. The molecule has 5 aromatic rings. The molecule has 1 unspecified atom stereocenters. The second kappa shape index (κ2) is 8.97. The second-order valence-electron chi connectivity index (χ2n) is 10.2. The van der Waals surface area contributed by atoms with Crippen molar-refractivity contribution in [1.82, 2.24) is 30.2 Å². The van der Waals surface area contributed by atoms with Crippen LogP contribution in [-0.2, 0) is 23.2 Å². The molecule has 7 rings (SSSR count). The molecule has 2 aromatic carbocycles. The number of imidazole rings is 1. The molecule has 11 nitrogen and oxygen atoms in total. The molecule has 0 bridgehead atoms. The third kappa shape index (κ3) is 3.85. The van der Waals surface area contributed by atoms with Gasteiger partial charge in [-0.3, -0.25) is 4.79 Å². The zero-order chi connectivity index (χ0) is 27.6. The molecule has 1 amide bonds. The van der Waals surface area contributed by atoms with Crippen molar-refractivity contribution in [2.24, 2.45) is 0 Å². The quantitative estimate of drug-likeness (QED) is 0.228. The number of pyridine rings is 1. The maximum Gasteiger partial charge on any atom is 0.235 e. The Hall–Kier alpha value is -4.61. The van der Waals surface area contributed by atoms with Crippen LogP contribution in [0.4, 0.5) is 5.69 Å². The first kappa shape index (κ1) is 24.4. The Morgan fingerprint density at radius 2 is 1.98 bits per heavy atom. The van der Waals surface area contributed by atoms with Crippen molar-refractivity contribution in [3.8, 4) is 28.1 Å². The van der Waals surface area contributed by atoms with E-state index in [1.807, 2.05) is 31.2 Å². The fraction of sp³-hybridized carbons (Fsp3) is 0.214. The normalized spacial score (nSPS) is 17.9. The lowest BCUT2D eigenvalue weighted by Gasteiger charge is -2.20. The number of anilines is 1. The monoisotopic (exact) mass is 554 g/mol. The lowest BCUT2D eigenvalue weighted by molar-refractivity contribution is -0.620. The molecule has 0 saturated carbocycles. The smallest absolute Gasteiger partial charge is 0.235 e. The molecule has 0 saturated heterocycles. The highest BCUT2D eigenvalue weighted by Gasteiger charge is 2.48. The minimum atomic E-state index is -1.60. The first-order chi connectivity index (χ1) is 19.3. The number of aromatic nitrogens is 7. The van der Waals surface area contributed by atoms with Crippen LogP contribution in [0.2, 0.25) is 5.02 Å². The number of aryl methyl sites for hydroxylation is 3. The number of aliphatic hydroxyl groups is 1. The number of nitrogens with zero attached hydrogens (tertiary/aromatic N) is 6. The lowest BCUT2D eigenvalue weighted by atomic mass is 9.98. The number of halogens is 1. The van der Waals surface area contributed by atoms with Gasteiger partial charge in [-0.2, -0.15) is 9.41 Å². The Labute approximate surface area is 233 Å². The lowest BCUT2D eigenvalue weighted by Crippen LogP contribution is -2.42. The number of fused-ring (bicyclic) bond motifs is 2. The first-order valence-electron chi connectivity index (χ1n) is 12.8. The summed E-state index contributed by atoms with van der Waals surface area (Å²) in [5.74, 6) is 0.292. The average Bonchev–Trinajstić information content (AvgIpc) is 3.68. The number of benzene rings is 2. The van der Waals surface area contributed by atoms with Crippen molar-refractivity contribution in [3.63, 3.8) is 0 Å². The molecule has 0 spiro atoms. The number of rotatable bonds is 4. The average molecular weight is 555 g/mol. The van der Waals surface area contributed by atoms with Crippen molar-refractivity contribution < 1.29 is 14.6 Å². The van der Waals surface area contributed by atoms with Crippen LogP contribution in [0.1, 0.15) is 41.2 Å². The molecule has 1 atom stereocenters. The van der Waals surface area contributed by atoms with E-state index in [4.69, 9.17) is 11.6 Å². The van der Waals surface area contributed by atoms with Gasteiger partial charge in [0.1, 0.15) is 12.2 Å². The minimum Gasteiger partial charge on any atom is -0.618 e. The van der Waals surface area contributed by atoms with Crippen LogP contribution >= 0.6 is 11.6 Å². The van der Waals surface area contributed by atoms with Crippen molar-refractivity contribution in [2.75, 3.05) is 5.32 Å². The van der Waals surface area contributed by atoms with Crippen LogP contribution < -0.4 is 10.0 Å². The van der Waals surface area contributed by atoms with E-state index >= 15 is 0 Å². The van der Waals surface area contributed by atoms with E-state index in [2.05, 4.69) is 30.8 Å². The van der Waals surface area contributed by atoms with E-state index in [9.17, 15) is 15.1 Å². The van der Waals surface area contributed by atoms with E-state index in [-0.39, 0.29) is 18.0 Å². The van der Waals surface area contributed by atoms with Crippen molar-refractivity contribution in [1.29, 1.82) is 0 Å². The largest absolute Gasteiger partial charge is 0.618 e. The number of carbonyl (C=O) groups excluding carboxylic acids is 1. The van der Waals surface area contributed by atoms with Crippen molar-refractivity contribution >= 4 is 23.2 Å². The first-order valence-corrected chi connectivity index (χ1v) is 13.2. The maximum atomic E-state index is 13.5. The predicted octanol–water partition coefficient (Wildman–Crippen LogP) is 3.38. The molecule has 200 valence electrons. The van der Waals surface area contributed by atoms with Gasteiger partial charge < -0.3 is 20.6 Å². The van der Waals surface area contributed by atoms with Gasteiger partial charge in [0.25, 0.3) is 0 Å². The molecule has 40 heavy (non-hydrogen) atoms. The summed E-state index contributed by atoms with van der Waals surface area (Å²) in [6.45, 7) is 1.85. The molecular formula is C28H23ClN8O3. The molecule has 12 heteroatoms. The van der Waals surface area contributed by atoms with E-state index in [0.717, 1.165) is 22.5 Å². The third-order valence-corrected chi connectivity index (χ3v) is 7.93. The molecule has 0 fully saturated rings. The van der Waals surface area contributed by atoms with Gasteiger partial charge in [-0.1, -0.05) is 23.7 Å². The minimum absolute atomic E-state index is 0.00855. The number of hydrogen-bond donors (Lipinski definition) is 3. The number of tetrazole rings is 1. The number of hydrogen-bond acceptors (Lipinski definition) is 7. The number of nitrogens with one attached hydrogen (secondary N) is 2. The van der Waals surface area contributed by atoms with Gasteiger partial charge in [-0.15, -0.1) is 5.10 Å². The van der Waals surface area contributed by atoms with E-state index in [1.165, 1.54) is 17.2 Å². The maximum absolute atomic E-state index is 13.5. The summed E-state index contributed by atoms with van der Waals surface area (Å²) >= 11 is 6.31. The summed E-state index contributed by atoms with van der Waals surface area (Å²) in [5.41, 5.74) is 5.40. The van der Waals surface area contributed by atoms with Gasteiger partial charge in [-0.25, -0.2) is 4.98 Å². The predicted molar refractivity (Wildman–Crippen MR) is 146 cm³/mol. The highest BCUT2D eigenvalue weighted by atomic mass is 35.5. The van der Waals surface area contributed by atoms with Gasteiger partial charge in [-0.05, 0) is 72.5 Å². The number of aromatic amines is 1. The van der Waals surface area contributed by atoms with Gasteiger partial charge in [0.15, 0.2) is 6.20 Å². The summed E-state index contributed by atoms with van der Waals surface area (Å²) < 4.78 is 2.22. The fourth-order valence-electron chi connectivity index (χ4n) is 5.75. The van der Waals surface area contributed by atoms with Crippen LogP contribution in [-0.4, -0.2) is 41.2 Å². The highest BCUT2D eigenvalue weighted by Crippen LogP contribution is 2.42. The van der Waals surface area contributed by atoms with E-state index < -0.39 is 5.60 Å². The summed E-state index contributed by atoms with van der Waals surface area (Å²) in [6.07, 6.45) is 4.83. The Bertz CT molecular complexity index is 1820. The van der Waals surface area contributed by atoms with Crippen LogP contribution in [0, 0.1) is 12.1 Å². The van der Waals surface area contributed by atoms with Crippen LogP contribution in [0.3, 0.4) is 0 Å². The van der Waals surface area contributed by atoms with Crippen LogP contribution in [0.5, 0.6) is 0 Å². The van der Waals surface area contributed by atoms with Crippen molar-refractivity contribution in [3.05, 3.63) is 93.6 Å². The molecular weight excluding hydrogens is 532 g/mol. The van der Waals surface area contributed by atoms with Gasteiger partial charge in [0.05, 0.1) is 17.1 Å². The standard InChI is InChI=1S/C28H23ClN8O3/c1-15-25(17-3-2-16-4-7-24(38)32-22(16)11-17)33-27(31-15)28(39)9-8-18-10-19(13-37(40)26(18)28)21-12-20(29)5-6-23(21)36-14-30-34-35-36/h2-3,5-6,10-14,39H,4,7-9H2,1H3,(H,31,33)(H,32,38). The molecule has 1 aliphatic heterocycles. The van der Waals surface area contributed by atoms with Crippen LogP contribution in [0.25, 0.3) is 28.1 Å². The third-order valence-electron chi connectivity index (χ3n) is 7.69. The molecule has 4 heterocycles. The Morgan fingerprint density at radius 1 is 1.10 bits per heavy atom. The summed E-state index contributed by atoms with van der Waals surface area (Å²) in [4.78, 5) is 19.8. The highest BCUT2D eigenvalue weighted by molar-refractivity contribution is 6.31. The van der Waals surface area contributed by atoms with Crippen LogP contribution in [0.15, 0.2) is 55.0 Å². The number of carbonyl (C=O) groups is 1. The van der Waals surface area contributed by atoms with Gasteiger partial charge >= 0.3 is 0 Å². The van der Waals surface area contributed by atoms with Crippen molar-refractivity contribution in [2.45, 2.75) is 38.2 Å². The second-order valence-corrected chi connectivity index (χ2v) is 10.6. The molecule has 3 N–H and O–H groups in total.